The number of benzene rings is 1. The molecule has 33 heavy (non-hydrogen) atoms. The van der Waals surface area contributed by atoms with Gasteiger partial charge in [-0.3, -0.25) is 5.10 Å². The van der Waals surface area contributed by atoms with Crippen molar-refractivity contribution < 1.29 is 17.9 Å². The number of ether oxygens (including phenoxy) is 1. The van der Waals surface area contributed by atoms with Gasteiger partial charge in [0.1, 0.15) is 11.4 Å². The Hall–Kier alpha value is -3.95. The van der Waals surface area contributed by atoms with Gasteiger partial charge >= 0.3 is 6.18 Å². The van der Waals surface area contributed by atoms with Crippen LogP contribution in [0.3, 0.4) is 0 Å². The molecule has 10 heteroatoms. The number of nitrogens with one attached hydrogen (secondary N) is 2. The Bertz CT molecular complexity index is 1190. The molecule has 4 aromatic rings. The monoisotopic (exact) mass is 454 g/mol. The van der Waals surface area contributed by atoms with Gasteiger partial charge in [-0.25, -0.2) is 15.0 Å². The van der Waals surface area contributed by atoms with Crippen molar-refractivity contribution in [2.24, 2.45) is 0 Å². The quantitative estimate of drug-likeness (QED) is 0.392. The highest BCUT2D eigenvalue weighted by Gasteiger charge is 2.33. The normalized spacial score (nSPS) is 11.6. The smallest absolute Gasteiger partial charge is 0.433 e. The van der Waals surface area contributed by atoms with Crippen LogP contribution in [-0.4, -0.2) is 31.3 Å². The van der Waals surface area contributed by atoms with E-state index >= 15 is 0 Å². The Labute approximate surface area is 188 Å². The Morgan fingerprint density at radius 3 is 2.33 bits per heavy atom. The van der Waals surface area contributed by atoms with Gasteiger partial charge in [0.25, 0.3) is 0 Å². The van der Waals surface area contributed by atoms with E-state index in [1.165, 1.54) is 18.5 Å². The van der Waals surface area contributed by atoms with E-state index in [2.05, 4.69) is 30.5 Å². The number of aromatic amines is 1. The molecule has 0 fully saturated rings. The van der Waals surface area contributed by atoms with Crippen molar-refractivity contribution in [2.45, 2.75) is 32.7 Å². The van der Waals surface area contributed by atoms with Crippen LogP contribution in [0.5, 0.6) is 5.75 Å². The molecule has 1 aromatic carbocycles. The molecule has 0 saturated heterocycles. The number of H-pyrrole nitrogens is 1. The highest BCUT2D eigenvalue weighted by Crippen LogP contribution is 2.32. The summed E-state index contributed by atoms with van der Waals surface area (Å²) >= 11 is 0. The van der Waals surface area contributed by atoms with Crippen molar-refractivity contribution in [1.29, 1.82) is 0 Å². The van der Waals surface area contributed by atoms with E-state index in [0.29, 0.717) is 17.0 Å². The number of nitrogens with zero attached hydrogens (tertiary/aromatic N) is 4. The molecule has 0 aliphatic carbocycles. The van der Waals surface area contributed by atoms with Gasteiger partial charge in [-0.2, -0.15) is 18.3 Å². The molecule has 170 valence electrons. The fourth-order valence-electron chi connectivity index (χ4n) is 3.07. The summed E-state index contributed by atoms with van der Waals surface area (Å²) in [6.07, 6.45) is 1.69. The molecule has 3 aromatic heterocycles. The number of halogens is 3. The first-order valence-electron chi connectivity index (χ1n) is 10.2. The highest BCUT2D eigenvalue weighted by atomic mass is 19.4. The van der Waals surface area contributed by atoms with Crippen LogP contribution in [0.25, 0.3) is 22.6 Å². The Kier molecular flexibility index (Phi) is 6.25. The van der Waals surface area contributed by atoms with Crippen molar-refractivity contribution >= 4 is 5.69 Å². The Morgan fingerprint density at radius 2 is 1.73 bits per heavy atom. The van der Waals surface area contributed by atoms with Crippen LogP contribution in [-0.2, 0) is 12.7 Å². The summed E-state index contributed by atoms with van der Waals surface area (Å²) in [5, 5.41) is 9.35. The molecule has 0 spiro atoms. The van der Waals surface area contributed by atoms with Crippen LogP contribution >= 0.6 is 0 Å². The lowest BCUT2D eigenvalue weighted by molar-refractivity contribution is -0.141. The van der Waals surface area contributed by atoms with E-state index in [-0.39, 0.29) is 24.0 Å². The molecule has 2 N–H and O–H groups in total. The van der Waals surface area contributed by atoms with Crippen LogP contribution in [0.15, 0.2) is 61.2 Å². The van der Waals surface area contributed by atoms with E-state index in [9.17, 15) is 13.2 Å². The second-order valence-electron chi connectivity index (χ2n) is 7.57. The summed E-state index contributed by atoms with van der Waals surface area (Å²) in [6, 6.07) is 9.96. The van der Waals surface area contributed by atoms with Crippen molar-refractivity contribution in [3.8, 4) is 28.4 Å². The summed E-state index contributed by atoms with van der Waals surface area (Å²) in [5.74, 6) is 1.31. The maximum Gasteiger partial charge on any atom is 0.433 e. The van der Waals surface area contributed by atoms with Crippen LogP contribution in [0, 0.1) is 0 Å². The number of hydrogen-bond donors (Lipinski definition) is 2. The number of hydrogen-bond acceptors (Lipinski definition) is 6. The van der Waals surface area contributed by atoms with Gasteiger partial charge in [0.2, 0.25) is 0 Å². The maximum atomic E-state index is 13.3. The SMILES string of the molecule is CC(C)Oc1ccc(-c2ncc(CNc3cc(-c4cn[nH]c4)nc(C(F)(F)F)c3)cn2)cc1. The molecule has 0 aliphatic rings. The lowest BCUT2D eigenvalue weighted by Crippen LogP contribution is -2.10. The van der Waals surface area contributed by atoms with Crippen molar-refractivity contribution in [3.05, 3.63) is 72.4 Å². The minimum Gasteiger partial charge on any atom is -0.491 e. The van der Waals surface area contributed by atoms with Crippen molar-refractivity contribution in [2.75, 3.05) is 5.32 Å². The maximum absolute atomic E-state index is 13.3. The second kappa shape index (κ2) is 9.27. The van der Waals surface area contributed by atoms with E-state index in [1.54, 1.807) is 12.4 Å². The highest BCUT2D eigenvalue weighted by molar-refractivity contribution is 5.63. The average molecular weight is 454 g/mol. The largest absolute Gasteiger partial charge is 0.491 e. The summed E-state index contributed by atoms with van der Waals surface area (Å²) in [7, 11) is 0. The first kappa shape index (κ1) is 22.3. The van der Waals surface area contributed by atoms with Crippen LogP contribution in [0.2, 0.25) is 0 Å². The number of aromatic nitrogens is 5. The minimum absolute atomic E-state index is 0.0854. The van der Waals surface area contributed by atoms with Gasteiger partial charge in [0.15, 0.2) is 5.82 Å². The van der Waals surface area contributed by atoms with Gasteiger partial charge in [-0.05, 0) is 50.2 Å². The summed E-state index contributed by atoms with van der Waals surface area (Å²) in [4.78, 5) is 12.5. The van der Waals surface area contributed by atoms with Gasteiger partial charge in [-0.1, -0.05) is 0 Å². The Morgan fingerprint density at radius 1 is 1.00 bits per heavy atom. The van der Waals surface area contributed by atoms with Gasteiger partial charge < -0.3 is 10.1 Å². The van der Waals surface area contributed by atoms with Gasteiger partial charge in [0, 0.05) is 47.5 Å². The number of anilines is 1. The average Bonchev–Trinajstić information content (AvgIpc) is 3.33. The predicted octanol–water partition coefficient (Wildman–Crippen LogP) is 5.35. The molecule has 0 aliphatic heterocycles. The molecular formula is C23H21F3N6O. The zero-order valence-corrected chi connectivity index (χ0v) is 17.9. The number of alkyl halides is 3. The molecule has 0 bridgehead atoms. The minimum atomic E-state index is -4.57. The molecule has 0 amide bonds. The van der Waals surface area contributed by atoms with E-state index in [1.807, 2.05) is 38.1 Å². The third kappa shape index (κ3) is 5.65. The first-order chi connectivity index (χ1) is 15.8. The topological polar surface area (TPSA) is 88.6 Å². The van der Waals surface area contributed by atoms with E-state index in [0.717, 1.165) is 17.4 Å². The molecule has 0 atom stereocenters. The van der Waals surface area contributed by atoms with Crippen molar-refractivity contribution in [3.63, 3.8) is 0 Å². The van der Waals surface area contributed by atoms with Crippen LogP contribution in [0.4, 0.5) is 18.9 Å². The third-order valence-corrected chi connectivity index (χ3v) is 4.60. The zero-order chi connectivity index (χ0) is 23.4. The predicted molar refractivity (Wildman–Crippen MR) is 117 cm³/mol. The lowest BCUT2D eigenvalue weighted by atomic mass is 10.2. The van der Waals surface area contributed by atoms with E-state index < -0.39 is 11.9 Å². The van der Waals surface area contributed by atoms with Crippen LogP contribution < -0.4 is 10.1 Å². The fraction of sp³-hybridized carbons (Fsp3) is 0.217. The molecule has 0 radical (unpaired) electrons. The first-order valence-corrected chi connectivity index (χ1v) is 10.2. The second-order valence-corrected chi connectivity index (χ2v) is 7.57. The number of pyridine rings is 1. The molecule has 4 rings (SSSR count). The third-order valence-electron chi connectivity index (χ3n) is 4.60. The lowest BCUT2D eigenvalue weighted by Gasteiger charge is -2.12. The van der Waals surface area contributed by atoms with Gasteiger partial charge in [0.05, 0.1) is 18.0 Å². The molecule has 7 nitrogen and oxygen atoms in total. The molecule has 0 unspecified atom stereocenters. The summed E-state index contributed by atoms with van der Waals surface area (Å²) < 4.78 is 45.5. The van der Waals surface area contributed by atoms with Crippen LogP contribution in [0.1, 0.15) is 25.1 Å². The molecule has 3 heterocycles. The van der Waals surface area contributed by atoms with Gasteiger partial charge in [-0.15, -0.1) is 0 Å². The standard InChI is InChI=1S/C23H21F3N6O/c1-14(2)33-19-5-3-16(4-6-19)22-28-10-15(11-29-22)9-27-18-7-20(17-12-30-31-13-17)32-21(8-18)23(24,25)26/h3-8,10-14H,9H2,1-2H3,(H,27,32)(H,30,31). The fourth-order valence-corrected chi connectivity index (χ4v) is 3.07. The summed E-state index contributed by atoms with van der Waals surface area (Å²) in [5.41, 5.74) is 1.46. The zero-order valence-electron chi connectivity index (χ0n) is 17.9. The molecular weight excluding hydrogens is 433 g/mol. The molecule has 0 saturated carbocycles. The van der Waals surface area contributed by atoms with Crippen molar-refractivity contribution in [1.82, 2.24) is 25.1 Å². The van der Waals surface area contributed by atoms with E-state index in [4.69, 9.17) is 4.74 Å². The number of rotatable bonds is 7. The Balaban J connectivity index is 1.47. The summed E-state index contributed by atoms with van der Waals surface area (Å²) in [6.45, 7) is 4.16.